The summed E-state index contributed by atoms with van der Waals surface area (Å²) in [6, 6.07) is 14.4. The third kappa shape index (κ3) is 3.59. The molecule has 1 aliphatic heterocycles. The molecular formula is C19H21FN2O. The second kappa shape index (κ2) is 6.92. The lowest BCUT2D eigenvalue weighted by Gasteiger charge is -2.20. The Hall–Kier alpha value is -2.20. The van der Waals surface area contributed by atoms with Crippen molar-refractivity contribution in [2.24, 2.45) is 5.92 Å². The highest BCUT2D eigenvalue weighted by Gasteiger charge is 2.34. The van der Waals surface area contributed by atoms with Crippen LogP contribution in [0.15, 0.2) is 48.5 Å². The summed E-state index contributed by atoms with van der Waals surface area (Å²) in [7, 11) is 0. The molecule has 23 heavy (non-hydrogen) atoms. The van der Waals surface area contributed by atoms with E-state index in [9.17, 15) is 9.18 Å². The third-order valence-corrected chi connectivity index (χ3v) is 4.52. The maximum absolute atomic E-state index is 12.9. The van der Waals surface area contributed by atoms with Crippen LogP contribution in [-0.4, -0.2) is 19.0 Å². The van der Waals surface area contributed by atoms with Crippen LogP contribution in [0.2, 0.25) is 0 Å². The average Bonchev–Trinajstić information content (AvgIpc) is 3.04. The van der Waals surface area contributed by atoms with Gasteiger partial charge in [0, 0.05) is 25.6 Å². The highest BCUT2D eigenvalue weighted by molar-refractivity contribution is 5.80. The summed E-state index contributed by atoms with van der Waals surface area (Å²) in [4.78, 5) is 12.6. The monoisotopic (exact) mass is 312 g/mol. The van der Waals surface area contributed by atoms with Gasteiger partial charge in [0.2, 0.25) is 5.91 Å². The van der Waals surface area contributed by atoms with E-state index in [0.29, 0.717) is 13.1 Å². The summed E-state index contributed by atoms with van der Waals surface area (Å²) >= 11 is 0. The lowest BCUT2D eigenvalue weighted by atomic mass is 9.86. The lowest BCUT2D eigenvalue weighted by molar-refractivity contribution is -0.125. The van der Waals surface area contributed by atoms with Gasteiger partial charge < -0.3 is 10.6 Å². The van der Waals surface area contributed by atoms with Crippen LogP contribution in [0, 0.1) is 18.7 Å². The summed E-state index contributed by atoms with van der Waals surface area (Å²) in [6.45, 7) is 4.02. The van der Waals surface area contributed by atoms with E-state index < -0.39 is 0 Å². The van der Waals surface area contributed by atoms with Crippen molar-refractivity contribution in [3.05, 3.63) is 71.0 Å². The zero-order valence-electron chi connectivity index (χ0n) is 13.2. The van der Waals surface area contributed by atoms with Crippen LogP contribution in [0.25, 0.3) is 0 Å². The normalized spacial score (nSPS) is 20.4. The Balaban J connectivity index is 1.66. The first-order chi connectivity index (χ1) is 11.1. The van der Waals surface area contributed by atoms with Crippen molar-refractivity contribution in [1.29, 1.82) is 0 Å². The molecule has 1 aliphatic rings. The van der Waals surface area contributed by atoms with Crippen LogP contribution in [-0.2, 0) is 11.3 Å². The minimum absolute atomic E-state index is 0.0487. The van der Waals surface area contributed by atoms with Crippen molar-refractivity contribution >= 4 is 5.91 Å². The van der Waals surface area contributed by atoms with Crippen LogP contribution in [0.4, 0.5) is 4.39 Å². The molecule has 1 saturated heterocycles. The minimum atomic E-state index is -0.264. The Bertz CT molecular complexity index is 684. The highest BCUT2D eigenvalue weighted by Crippen LogP contribution is 2.30. The molecule has 0 aliphatic carbocycles. The zero-order valence-corrected chi connectivity index (χ0v) is 13.2. The zero-order chi connectivity index (χ0) is 16.2. The second-order valence-electron chi connectivity index (χ2n) is 6.07. The summed E-state index contributed by atoms with van der Waals surface area (Å²) in [5, 5.41) is 6.30. The highest BCUT2D eigenvalue weighted by atomic mass is 19.1. The molecule has 0 aromatic heterocycles. The number of carbonyl (C=O) groups is 1. The minimum Gasteiger partial charge on any atom is -0.352 e. The van der Waals surface area contributed by atoms with Crippen LogP contribution in [0.5, 0.6) is 0 Å². The van der Waals surface area contributed by atoms with Crippen molar-refractivity contribution in [2.45, 2.75) is 19.4 Å². The average molecular weight is 312 g/mol. The van der Waals surface area contributed by atoms with Gasteiger partial charge in [0.1, 0.15) is 5.82 Å². The van der Waals surface area contributed by atoms with Gasteiger partial charge in [0.25, 0.3) is 0 Å². The Kier molecular flexibility index (Phi) is 4.72. The van der Waals surface area contributed by atoms with E-state index in [1.807, 2.05) is 12.1 Å². The Morgan fingerprint density at radius 2 is 1.91 bits per heavy atom. The van der Waals surface area contributed by atoms with Gasteiger partial charge in [-0.15, -0.1) is 0 Å². The van der Waals surface area contributed by atoms with Crippen molar-refractivity contribution < 1.29 is 9.18 Å². The van der Waals surface area contributed by atoms with Gasteiger partial charge in [-0.25, -0.2) is 4.39 Å². The van der Waals surface area contributed by atoms with Crippen molar-refractivity contribution in [1.82, 2.24) is 10.6 Å². The molecule has 2 N–H and O–H groups in total. The van der Waals surface area contributed by atoms with Crippen LogP contribution in [0.1, 0.15) is 22.6 Å². The van der Waals surface area contributed by atoms with Crippen LogP contribution < -0.4 is 10.6 Å². The Morgan fingerprint density at radius 1 is 1.17 bits per heavy atom. The molecule has 2 unspecified atom stereocenters. The van der Waals surface area contributed by atoms with E-state index in [4.69, 9.17) is 0 Å². The molecule has 1 fully saturated rings. The Labute approximate surface area is 135 Å². The molecule has 3 rings (SSSR count). The smallest absolute Gasteiger partial charge is 0.225 e. The van der Waals surface area contributed by atoms with E-state index >= 15 is 0 Å². The van der Waals surface area contributed by atoms with Gasteiger partial charge in [-0.2, -0.15) is 0 Å². The van der Waals surface area contributed by atoms with Gasteiger partial charge in [0.15, 0.2) is 0 Å². The molecule has 4 heteroatoms. The first-order valence-electron chi connectivity index (χ1n) is 7.93. The number of hydrogen-bond acceptors (Lipinski definition) is 2. The largest absolute Gasteiger partial charge is 0.352 e. The molecular weight excluding hydrogens is 291 g/mol. The fraction of sp³-hybridized carbons (Fsp3) is 0.316. The number of halogens is 1. The number of aryl methyl sites for hydroxylation is 1. The number of nitrogens with one attached hydrogen (secondary N) is 2. The van der Waals surface area contributed by atoms with Gasteiger partial charge in [-0.3, -0.25) is 4.79 Å². The molecule has 2 aromatic carbocycles. The molecule has 1 amide bonds. The van der Waals surface area contributed by atoms with Gasteiger partial charge in [-0.1, -0.05) is 36.4 Å². The number of carbonyl (C=O) groups excluding carboxylic acids is 1. The first-order valence-corrected chi connectivity index (χ1v) is 7.93. The molecule has 0 spiro atoms. The van der Waals surface area contributed by atoms with E-state index in [2.05, 4.69) is 29.7 Å². The number of rotatable bonds is 4. The maximum Gasteiger partial charge on any atom is 0.225 e. The molecule has 0 radical (unpaired) electrons. The predicted octanol–water partition coefficient (Wildman–Crippen LogP) is 2.75. The van der Waals surface area contributed by atoms with E-state index in [1.54, 1.807) is 12.1 Å². The first kappa shape index (κ1) is 15.7. The van der Waals surface area contributed by atoms with Gasteiger partial charge in [0.05, 0.1) is 5.92 Å². The summed E-state index contributed by atoms with van der Waals surface area (Å²) in [6.07, 6.45) is 0. The summed E-state index contributed by atoms with van der Waals surface area (Å²) in [5.41, 5.74) is 3.36. The molecule has 120 valence electrons. The fourth-order valence-corrected chi connectivity index (χ4v) is 3.21. The summed E-state index contributed by atoms with van der Waals surface area (Å²) in [5.74, 6) is -0.0896. The van der Waals surface area contributed by atoms with E-state index in [1.165, 1.54) is 23.3 Å². The molecule has 0 bridgehead atoms. The van der Waals surface area contributed by atoms with Gasteiger partial charge >= 0.3 is 0 Å². The van der Waals surface area contributed by atoms with Gasteiger partial charge in [-0.05, 0) is 35.7 Å². The summed E-state index contributed by atoms with van der Waals surface area (Å²) < 4.78 is 12.9. The van der Waals surface area contributed by atoms with Crippen molar-refractivity contribution in [2.75, 3.05) is 13.1 Å². The van der Waals surface area contributed by atoms with E-state index in [0.717, 1.165) is 12.1 Å². The molecule has 3 nitrogen and oxygen atoms in total. The number of benzene rings is 2. The topological polar surface area (TPSA) is 41.1 Å². The molecule has 1 heterocycles. The fourth-order valence-electron chi connectivity index (χ4n) is 3.21. The standard InChI is InChI=1S/C19H21FN2O/c1-13-4-2-3-5-16(13)17-11-21-12-18(17)19(23)22-10-14-6-8-15(20)9-7-14/h2-9,17-18,21H,10-12H2,1H3,(H,22,23). The van der Waals surface area contributed by atoms with Crippen LogP contribution >= 0.6 is 0 Å². The lowest BCUT2D eigenvalue weighted by Crippen LogP contribution is -2.34. The van der Waals surface area contributed by atoms with Crippen LogP contribution in [0.3, 0.4) is 0 Å². The number of amides is 1. The predicted molar refractivity (Wildman–Crippen MR) is 88.5 cm³/mol. The third-order valence-electron chi connectivity index (χ3n) is 4.52. The maximum atomic E-state index is 12.9. The van der Waals surface area contributed by atoms with E-state index in [-0.39, 0.29) is 23.6 Å². The second-order valence-corrected chi connectivity index (χ2v) is 6.07. The van der Waals surface area contributed by atoms with Crippen molar-refractivity contribution in [3.8, 4) is 0 Å². The van der Waals surface area contributed by atoms with Crippen molar-refractivity contribution in [3.63, 3.8) is 0 Å². The Morgan fingerprint density at radius 3 is 2.65 bits per heavy atom. The molecule has 2 aromatic rings. The molecule has 2 atom stereocenters. The SMILES string of the molecule is Cc1ccccc1C1CNCC1C(=O)NCc1ccc(F)cc1. The molecule has 0 saturated carbocycles. The number of hydrogen-bond donors (Lipinski definition) is 2. The quantitative estimate of drug-likeness (QED) is 0.911.